The Kier molecular flexibility index (Phi) is 8.63. The number of carboxylic acid groups (broad SMARTS) is 1. The van der Waals surface area contributed by atoms with E-state index in [0.717, 1.165) is 24.1 Å². The van der Waals surface area contributed by atoms with Crippen molar-refractivity contribution >= 4 is 23.7 Å². The van der Waals surface area contributed by atoms with Crippen LogP contribution in [0.2, 0.25) is 0 Å². The fourth-order valence-corrected chi connectivity index (χ4v) is 6.04. The highest BCUT2D eigenvalue weighted by molar-refractivity contribution is 5.99. The van der Waals surface area contributed by atoms with Gasteiger partial charge in [0.15, 0.2) is 11.5 Å². The fourth-order valence-electron chi connectivity index (χ4n) is 6.04. The highest BCUT2D eigenvalue weighted by Crippen LogP contribution is 2.35. The molecule has 1 aliphatic carbocycles. The molecule has 3 aromatic rings. The molecule has 1 aromatic heterocycles. The quantitative estimate of drug-likeness (QED) is 0.331. The Morgan fingerprint density at radius 3 is 2.26 bits per heavy atom. The lowest BCUT2D eigenvalue weighted by Crippen LogP contribution is -2.61. The number of amides is 3. The molecule has 1 saturated heterocycles. The van der Waals surface area contributed by atoms with Crippen LogP contribution in [-0.2, 0) is 22.4 Å². The number of rotatable bonds is 10. The van der Waals surface area contributed by atoms with Crippen molar-refractivity contribution in [2.75, 3.05) is 26.2 Å². The Morgan fingerprint density at radius 1 is 0.977 bits per heavy atom. The van der Waals surface area contributed by atoms with Gasteiger partial charge in [-0.25, -0.2) is 9.78 Å². The molecule has 0 bridgehead atoms. The standard InChI is InChI=1S/C32H38N6O5/c1-32(2,26(39)12-13-27(33)40)35-18-25-19-36(31(42)43)14-15-37(25)30(41)28-29(21-8-4-3-5-9-21)38(20-34-28)24-16-22-10-6-7-11-23(22)17-24/h3-11,20,24-25,35H,12-19H2,1-2H3,(H2,33,40)(H,42,43)/t25-/m1/s1. The van der Waals surface area contributed by atoms with Crippen molar-refractivity contribution < 1.29 is 24.3 Å². The molecule has 1 aliphatic heterocycles. The van der Waals surface area contributed by atoms with E-state index < -0.39 is 23.6 Å². The SMILES string of the molecule is CC(C)(NC[C@@H]1CN(C(=O)O)CCN1C(=O)c1ncn(C2Cc3ccccc3C2)c1-c1ccccc1)C(=O)CCC(N)=O. The minimum atomic E-state index is -1.07. The molecule has 0 unspecified atom stereocenters. The van der Waals surface area contributed by atoms with Crippen molar-refractivity contribution in [3.05, 3.63) is 77.7 Å². The number of fused-ring (bicyclic) bond motifs is 1. The molecule has 2 aromatic carbocycles. The lowest BCUT2D eigenvalue weighted by Gasteiger charge is -2.41. The number of aromatic nitrogens is 2. The predicted molar refractivity (Wildman–Crippen MR) is 160 cm³/mol. The summed E-state index contributed by atoms with van der Waals surface area (Å²) < 4.78 is 2.10. The minimum Gasteiger partial charge on any atom is -0.465 e. The zero-order chi connectivity index (χ0) is 30.7. The highest BCUT2D eigenvalue weighted by atomic mass is 16.4. The minimum absolute atomic E-state index is 0.00714. The number of primary amides is 1. The van der Waals surface area contributed by atoms with E-state index in [1.807, 2.05) is 42.5 Å². The summed E-state index contributed by atoms with van der Waals surface area (Å²) in [5.41, 5.74) is 8.71. The van der Waals surface area contributed by atoms with Gasteiger partial charge in [0.2, 0.25) is 5.91 Å². The van der Waals surface area contributed by atoms with Crippen LogP contribution in [0.3, 0.4) is 0 Å². The first kappa shape index (κ1) is 30.0. The van der Waals surface area contributed by atoms with Gasteiger partial charge in [0.05, 0.1) is 23.6 Å². The third-order valence-electron chi connectivity index (χ3n) is 8.56. The van der Waals surface area contributed by atoms with Crippen LogP contribution < -0.4 is 11.1 Å². The van der Waals surface area contributed by atoms with Crippen molar-refractivity contribution in [3.8, 4) is 11.3 Å². The van der Waals surface area contributed by atoms with Gasteiger partial charge in [0.25, 0.3) is 5.91 Å². The molecule has 4 N–H and O–H groups in total. The van der Waals surface area contributed by atoms with Crippen LogP contribution in [0.1, 0.15) is 54.3 Å². The first-order chi connectivity index (χ1) is 20.5. The second kappa shape index (κ2) is 12.4. The number of benzene rings is 2. The summed E-state index contributed by atoms with van der Waals surface area (Å²) in [6.07, 6.45) is 2.29. The summed E-state index contributed by atoms with van der Waals surface area (Å²) in [7, 11) is 0. The number of ketones is 1. The number of imidazole rings is 1. The van der Waals surface area contributed by atoms with Crippen LogP contribution >= 0.6 is 0 Å². The van der Waals surface area contributed by atoms with Crippen molar-refractivity contribution in [3.63, 3.8) is 0 Å². The van der Waals surface area contributed by atoms with E-state index in [0.29, 0.717) is 5.69 Å². The average molecular weight is 587 g/mol. The maximum Gasteiger partial charge on any atom is 0.407 e. The second-order valence-electron chi connectivity index (χ2n) is 11.8. The molecule has 0 spiro atoms. The summed E-state index contributed by atoms with van der Waals surface area (Å²) in [5, 5.41) is 12.9. The van der Waals surface area contributed by atoms with Gasteiger partial charge in [-0.1, -0.05) is 54.6 Å². The van der Waals surface area contributed by atoms with E-state index in [-0.39, 0.29) is 56.8 Å². The van der Waals surface area contributed by atoms with Crippen molar-refractivity contribution in [2.24, 2.45) is 5.73 Å². The van der Waals surface area contributed by atoms with Gasteiger partial charge in [-0.2, -0.15) is 0 Å². The zero-order valence-corrected chi connectivity index (χ0v) is 24.5. The maximum atomic E-state index is 14.3. The van der Waals surface area contributed by atoms with Crippen molar-refractivity contribution in [1.29, 1.82) is 0 Å². The highest BCUT2D eigenvalue weighted by Gasteiger charge is 2.38. The molecule has 226 valence electrons. The number of carbonyl (C=O) groups is 4. The maximum absolute atomic E-state index is 14.3. The number of piperazine rings is 1. The van der Waals surface area contributed by atoms with Gasteiger partial charge in [0, 0.05) is 50.6 Å². The molecule has 1 atom stereocenters. The summed E-state index contributed by atoms with van der Waals surface area (Å²) in [4.78, 5) is 57.8. The van der Waals surface area contributed by atoms with Gasteiger partial charge in [-0.3, -0.25) is 14.4 Å². The van der Waals surface area contributed by atoms with E-state index in [2.05, 4.69) is 27.0 Å². The Hall–Kier alpha value is -4.51. The molecule has 0 saturated carbocycles. The predicted octanol–water partition coefficient (Wildman–Crippen LogP) is 2.90. The third kappa shape index (κ3) is 6.46. The zero-order valence-electron chi connectivity index (χ0n) is 24.5. The van der Waals surface area contributed by atoms with Crippen LogP contribution in [0.5, 0.6) is 0 Å². The normalized spacial score (nSPS) is 17.1. The summed E-state index contributed by atoms with van der Waals surface area (Å²) in [6, 6.07) is 17.6. The molecule has 0 radical (unpaired) electrons. The van der Waals surface area contributed by atoms with E-state index in [1.54, 1.807) is 25.1 Å². The molecule has 43 heavy (non-hydrogen) atoms. The van der Waals surface area contributed by atoms with E-state index >= 15 is 0 Å². The third-order valence-corrected chi connectivity index (χ3v) is 8.56. The molecule has 5 rings (SSSR count). The summed E-state index contributed by atoms with van der Waals surface area (Å²) in [5.74, 6) is -1.04. The number of hydrogen-bond donors (Lipinski definition) is 3. The number of nitrogens with one attached hydrogen (secondary N) is 1. The number of nitrogens with zero attached hydrogens (tertiary/aromatic N) is 4. The molecule has 11 nitrogen and oxygen atoms in total. The molecule has 3 amide bonds. The molecule has 2 aliphatic rings. The van der Waals surface area contributed by atoms with E-state index in [1.165, 1.54) is 16.0 Å². The first-order valence-electron chi connectivity index (χ1n) is 14.6. The number of Topliss-reactive ketones (excluding diaryl/α,β-unsaturated/α-hetero) is 1. The van der Waals surface area contributed by atoms with Crippen LogP contribution in [0.25, 0.3) is 11.3 Å². The van der Waals surface area contributed by atoms with E-state index in [9.17, 15) is 24.3 Å². The largest absolute Gasteiger partial charge is 0.465 e. The van der Waals surface area contributed by atoms with Crippen LogP contribution in [0, 0.1) is 0 Å². The lowest BCUT2D eigenvalue weighted by molar-refractivity contribution is -0.127. The first-order valence-corrected chi connectivity index (χ1v) is 14.6. The van der Waals surface area contributed by atoms with Crippen molar-refractivity contribution in [1.82, 2.24) is 24.7 Å². The summed E-state index contributed by atoms with van der Waals surface area (Å²) >= 11 is 0. The molecule has 11 heteroatoms. The van der Waals surface area contributed by atoms with Crippen molar-refractivity contribution in [2.45, 2.75) is 57.2 Å². The smallest absolute Gasteiger partial charge is 0.407 e. The molecule has 2 heterocycles. The number of hydrogen-bond acceptors (Lipinski definition) is 6. The number of carbonyl (C=O) groups excluding carboxylic acids is 3. The topological polar surface area (TPSA) is 151 Å². The van der Waals surface area contributed by atoms with Crippen LogP contribution in [0.15, 0.2) is 60.9 Å². The molecular weight excluding hydrogens is 548 g/mol. The van der Waals surface area contributed by atoms with Gasteiger partial charge in [-0.15, -0.1) is 0 Å². The Bertz CT molecular complexity index is 1490. The van der Waals surface area contributed by atoms with Gasteiger partial charge in [0.1, 0.15) is 0 Å². The second-order valence-corrected chi connectivity index (χ2v) is 11.8. The van der Waals surface area contributed by atoms with Gasteiger partial charge >= 0.3 is 6.09 Å². The van der Waals surface area contributed by atoms with Crippen LogP contribution in [-0.4, -0.2) is 85.9 Å². The van der Waals surface area contributed by atoms with E-state index in [4.69, 9.17) is 5.73 Å². The Balaban J connectivity index is 1.43. The lowest BCUT2D eigenvalue weighted by atomic mass is 9.94. The fraction of sp³-hybridized carbons (Fsp3) is 0.406. The average Bonchev–Trinajstić information content (AvgIpc) is 3.63. The Labute approximate surface area is 250 Å². The Morgan fingerprint density at radius 2 is 1.63 bits per heavy atom. The van der Waals surface area contributed by atoms with Gasteiger partial charge < -0.3 is 30.5 Å². The summed E-state index contributed by atoms with van der Waals surface area (Å²) in [6.45, 7) is 4.01. The number of nitrogens with two attached hydrogens (primary N) is 1. The van der Waals surface area contributed by atoms with Gasteiger partial charge in [-0.05, 0) is 37.8 Å². The van der Waals surface area contributed by atoms with Crippen LogP contribution in [0.4, 0.5) is 4.79 Å². The molecule has 1 fully saturated rings. The monoisotopic (exact) mass is 586 g/mol. The molecular formula is C32H38N6O5.